The number of hydrogen-bond acceptors (Lipinski definition) is 4. The zero-order valence-electron chi connectivity index (χ0n) is 11.3. The molecule has 0 unspecified atom stereocenters. The van der Waals surface area contributed by atoms with Gasteiger partial charge in [0.25, 0.3) is 0 Å². The summed E-state index contributed by atoms with van der Waals surface area (Å²) in [6.45, 7) is 4.22. The Morgan fingerprint density at radius 3 is 2.44 bits per heavy atom. The van der Waals surface area contributed by atoms with Gasteiger partial charge in [-0.15, -0.1) is 0 Å². The SMILES string of the molecule is COc1ccc([C@H](N)[C@H](O)CCC(C)C)cc1O. The number of methoxy groups -OCH3 is 1. The largest absolute Gasteiger partial charge is 0.504 e. The molecule has 0 fully saturated rings. The minimum absolute atomic E-state index is 0.0431. The van der Waals surface area contributed by atoms with E-state index in [1.54, 1.807) is 18.2 Å². The zero-order valence-corrected chi connectivity index (χ0v) is 11.3. The van der Waals surface area contributed by atoms with Gasteiger partial charge < -0.3 is 20.7 Å². The zero-order chi connectivity index (χ0) is 13.7. The molecule has 0 radical (unpaired) electrons. The standard InChI is InChI=1S/C14H23NO3/c1-9(2)4-6-11(16)14(15)10-5-7-13(18-3)12(17)8-10/h5,7-9,11,14,16-17H,4,6,15H2,1-3H3/t11-,14+/m1/s1. The van der Waals surface area contributed by atoms with Crippen LogP contribution in [0.2, 0.25) is 0 Å². The maximum atomic E-state index is 10.00. The Bertz CT molecular complexity index is 379. The van der Waals surface area contributed by atoms with E-state index in [0.717, 1.165) is 6.42 Å². The molecular formula is C14H23NO3. The van der Waals surface area contributed by atoms with E-state index in [2.05, 4.69) is 13.8 Å². The molecule has 0 bridgehead atoms. The predicted octanol–water partition coefficient (Wildman–Crippen LogP) is 2.20. The van der Waals surface area contributed by atoms with Crippen LogP contribution in [0, 0.1) is 5.92 Å². The highest BCUT2D eigenvalue weighted by Crippen LogP contribution is 2.29. The van der Waals surface area contributed by atoms with Crippen LogP contribution in [-0.2, 0) is 0 Å². The van der Waals surface area contributed by atoms with Crippen molar-refractivity contribution in [3.63, 3.8) is 0 Å². The van der Waals surface area contributed by atoms with Crippen LogP contribution in [-0.4, -0.2) is 23.4 Å². The second-order valence-electron chi connectivity index (χ2n) is 5.00. The summed E-state index contributed by atoms with van der Waals surface area (Å²) in [5, 5.41) is 19.7. The number of nitrogens with two attached hydrogens (primary N) is 1. The molecule has 4 nitrogen and oxygen atoms in total. The summed E-state index contributed by atoms with van der Waals surface area (Å²) >= 11 is 0. The predicted molar refractivity (Wildman–Crippen MR) is 71.7 cm³/mol. The lowest BCUT2D eigenvalue weighted by atomic mass is 9.96. The molecule has 2 atom stereocenters. The highest BCUT2D eigenvalue weighted by Gasteiger charge is 2.18. The number of hydrogen-bond donors (Lipinski definition) is 3. The summed E-state index contributed by atoms with van der Waals surface area (Å²) in [5.41, 5.74) is 6.70. The number of ether oxygens (including phenoxy) is 1. The quantitative estimate of drug-likeness (QED) is 0.726. The maximum Gasteiger partial charge on any atom is 0.160 e. The van der Waals surface area contributed by atoms with Crippen LogP contribution in [0.1, 0.15) is 38.3 Å². The Morgan fingerprint density at radius 1 is 1.28 bits per heavy atom. The van der Waals surface area contributed by atoms with E-state index in [1.807, 2.05) is 0 Å². The van der Waals surface area contributed by atoms with Gasteiger partial charge in [-0.25, -0.2) is 0 Å². The van der Waals surface area contributed by atoms with E-state index in [1.165, 1.54) is 7.11 Å². The van der Waals surface area contributed by atoms with Gasteiger partial charge in [-0.1, -0.05) is 19.9 Å². The Hall–Kier alpha value is -1.26. The van der Waals surface area contributed by atoms with Crippen LogP contribution in [0.5, 0.6) is 11.5 Å². The van der Waals surface area contributed by atoms with Crippen molar-refractivity contribution in [1.29, 1.82) is 0 Å². The van der Waals surface area contributed by atoms with E-state index in [4.69, 9.17) is 10.5 Å². The van der Waals surface area contributed by atoms with Gasteiger partial charge in [-0.05, 0) is 36.5 Å². The molecule has 0 aliphatic carbocycles. The minimum atomic E-state index is -0.597. The van der Waals surface area contributed by atoms with E-state index < -0.39 is 12.1 Å². The molecule has 4 N–H and O–H groups in total. The third-order valence-corrected chi connectivity index (χ3v) is 3.04. The van der Waals surface area contributed by atoms with Crippen LogP contribution in [0.15, 0.2) is 18.2 Å². The Balaban J connectivity index is 2.71. The van der Waals surface area contributed by atoms with Crippen LogP contribution >= 0.6 is 0 Å². The van der Waals surface area contributed by atoms with Gasteiger partial charge in [0.2, 0.25) is 0 Å². The Kier molecular flexibility index (Phi) is 5.44. The number of benzene rings is 1. The topological polar surface area (TPSA) is 75.7 Å². The first-order chi connectivity index (χ1) is 8.45. The number of aliphatic hydroxyl groups excluding tert-OH is 1. The van der Waals surface area contributed by atoms with Gasteiger partial charge in [0, 0.05) is 0 Å². The van der Waals surface area contributed by atoms with Gasteiger partial charge in [0.05, 0.1) is 19.3 Å². The summed E-state index contributed by atoms with van der Waals surface area (Å²) in [4.78, 5) is 0. The Labute approximate surface area is 108 Å². The lowest BCUT2D eigenvalue weighted by Crippen LogP contribution is -2.26. The van der Waals surface area contributed by atoms with E-state index in [0.29, 0.717) is 23.7 Å². The summed E-state index contributed by atoms with van der Waals surface area (Å²) in [6.07, 6.45) is 0.989. The second-order valence-corrected chi connectivity index (χ2v) is 5.00. The molecule has 0 spiro atoms. The molecule has 0 aromatic heterocycles. The van der Waals surface area contributed by atoms with Crippen LogP contribution < -0.4 is 10.5 Å². The molecular weight excluding hydrogens is 230 g/mol. The van der Waals surface area contributed by atoms with E-state index in [9.17, 15) is 10.2 Å². The first-order valence-corrected chi connectivity index (χ1v) is 6.26. The fourth-order valence-corrected chi connectivity index (χ4v) is 1.82. The minimum Gasteiger partial charge on any atom is -0.504 e. The van der Waals surface area contributed by atoms with Crippen LogP contribution in [0.3, 0.4) is 0 Å². The van der Waals surface area contributed by atoms with Crippen LogP contribution in [0.4, 0.5) is 0 Å². The summed E-state index contributed by atoms with van der Waals surface area (Å²) in [7, 11) is 1.49. The number of rotatable bonds is 6. The van der Waals surface area contributed by atoms with Gasteiger partial charge in [0.15, 0.2) is 11.5 Å². The van der Waals surface area contributed by atoms with Gasteiger partial charge in [-0.3, -0.25) is 0 Å². The third-order valence-electron chi connectivity index (χ3n) is 3.04. The molecule has 0 saturated carbocycles. The van der Waals surface area contributed by atoms with E-state index in [-0.39, 0.29) is 5.75 Å². The average molecular weight is 253 g/mol. The van der Waals surface area contributed by atoms with Crippen molar-refractivity contribution in [1.82, 2.24) is 0 Å². The monoisotopic (exact) mass is 253 g/mol. The fraction of sp³-hybridized carbons (Fsp3) is 0.571. The van der Waals surface area contributed by atoms with Crippen molar-refractivity contribution in [2.24, 2.45) is 11.7 Å². The first kappa shape index (κ1) is 14.8. The fourth-order valence-electron chi connectivity index (χ4n) is 1.82. The first-order valence-electron chi connectivity index (χ1n) is 6.26. The summed E-state index contributed by atoms with van der Waals surface area (Å²) in [6, 6.07) is 4.48. The van der Waals surface area contributed by atoms with Gasteiger partial charge in [-0.2, -0.15) is 0 Å². The molecule has 1 aromatic carbocycles. The van der Waals surface area contributed by atoms with Crippen LogP contribution in [0.25, 0.3) is 0 Å². The van der Waals surface area contributed by atoms with E-state index >= 15 is 0 Å². The average Bonchev–Trinajstić information content (AvgIpc) is 2.34. The molecule has 18 heavy (non-hydrogen) atoms. The highest BCUT2D eigenvalue weighted by atomic mass is 16.5. The van der Waals surface area contributed by atoms with Gasteiger partial charge >= 0.3 is 0 Å². The maximum absolute atomic E-state index is 10.00. The number of phenolic OH excluding ortho intramolecular Hbond substituents is 1. The number of aliphatic hydroxyl groups is 1. The normalized spacial score (nSPS) is 14.6. The summed E-state index contributed by atoms with van der Waals surface area (Å²) in [5.74, 6) is 0.986. The molecule has 4 heteroatoms. The molecule has 1 aromatic rings. The molecule has 0 heterocycles. The van der Waals surface area contributed by atoms with Crippen molar-refractivity contribution in [3.8, 4) is 11.5 Å². The van der Waals surface area contributed by atoms with Crippen molar-refractivity contribution >= 4 is 0 Å². The lowest BCUT2D eigenvalue weighted by molar-refractivity contribution is 0.128. The van der Waals surface area contributed by atoms with Crippen molar-refractivity contribution in [2.75, 3.05) is 7.11 Å². The highest BCUT2D eigenvalue weighted by molar-refractivity contribution is 5.42. The molecule has 0 amide bonds. The third kappa shape index (κ3) is 3.89. The second kappa shape index (κ2) is 6.61. The van der Waals surface area contributed by atoms with Crippen molar-refractivity contribution in [3.05, 3.63) is 23.8 Å². The molecule has 1 rings (SSSR count). The van der Waals surface area contributed by atoms with Crippen molar-refractivity contribution < 1.29 is 14.9 Å². The smallest absolute Gasteiger partial charge is 0.160 e. The molecule has 102 valence electrons. The number of phenols is 1. The van der Waals surface area contributed by atoms with Crippen molar-refractivity contribution in [2.45, 2.75) is 38.8 Å². The molecule has 0 aliphatic heterocycles. The molecule has 0 aliphatic rings. The number of aromatic hydroxyl groups is 1. The molecule has 0 saturated heterocycles. The Morgan fingerprint density at radius 2 is 1.94 bits per heavy atom. The lowest BCUT2D eigenvalue weighted by Gasteiger charge is -2.20. The summed E-state index contributed by atoms with van der Waals surface area (Å²) < 4.78 is 4.97. The van der Waals surface area contributed by atoms with Gasteiger partial charge in [0.1, 0.15) is 0 Å².